The Labute approximate surface area is 195 Å². The van der Waals surface area contributed by atoms with Crippen molar-refractivity contribution in [3.05, 3.63) is 47.0 Å². The van der Waals surface area contributed by atoms with E-state index in [1.807, 2.05) is 0 Å². The van der Waals surface area contributed by atoms with Crippen LogP contribution in [0.2, 0.25) is 5.28 Å². The highest BCUT2D eigenvalue weighted by Crippen LogP contribution is 2.45. The number of halogens is 1. The molecule has 1 aromatic carbocycles. The number of fused-ring (bicyclic) bond motifs is 2. The molecule has 4 heterocycles. The number of ether oxygens (including phenoxy) is 1. The number of imidazole rings is 1. The molecule has 0 bridgehead atoms. The highest BCUT2D eigenvalue weighted by Gasteiger charge is 2.44. The number of piperidine rings is 1. The van der Waals surface area contributed by atoms with E-state index in [2.05, 4.69) is 44.1 Å². The first-order valence-corrected chi connectivity index (χ1v) is 11.7. The quantitative estimate of drug-likeness (QED) is 0.492. The predicted octanol–water partition coefficient (Wildman–Crippen LogP) is 1.48. The Hall–Kier alpha value is -2.30. The van der Waals surface area contributed by atoms with E-state index in [1.54, 1.807) is 4.57 Å². The average molecular weight is 472 g/mol. The van der Waals surface area contributed by atoms with Crippen molar-refractivity contribution in [3.8, 4) is 0 Å². The molecule has 4 atom stereocenters. The summed E-state index contributed by atoms with van der Waals surface area (Å²) in [6, 6.07) is 8.73. The summed E-state index contributed by atoms with van der Waals surface area (Å²) in [6.45, 7) is 1.29. The number of aromatic nitrogens is 4. The number of anilines is 1. The molecule has 0 saturated carbocycles. The van der Waals surface area contributed by atoms with Gasteiger partial charge in [-0.15, -0.1) is 0 Å². The number of hydrogen-bond donors (Lipinski definition) is 3. The van der Waals surface area contributed by atoms with Crippen LogP contribution in [0.25, 0.3) is 11.2 Å². The van der Waals surface area contributed by atoms with Gasteiger partial charge in [-0.05, 0) is 53.8 Å². The standard InChI is InChI=1S/C23H26ClN5O4/c24-22-26-19(28-7-5-23(6-8-28)9-13-3-1-2-4-14(13)10-23)16-20(27-22)29(12-25-16)21-18(32)17(31)15(11-30)33-21/h1-4,12,15,17-18,21,30-32H,5-11H2/t15-,17+,18?,21-/m1/s1. The summed E-state index contributed by atoms with van der Waals surface area (Å²) in [7, 11) is 0. The lowest BCUT2D eigenvalue weighted by molar-refractivity contribution is -0.0511. The zero-order valence-electron chi connectivity index (χ0n) is 18.0. The Balaban J connectivity index is 1.27. The van der Waals surface area contributed by atoms with Crippen LogP contribution in [0.5, 0.6) is 0 Å². The molecule has 0 amide bonds. The molecule has 2 saturated heterocycles. The molecular formula is C23H26ClN5O4. The first-order chi connectivity index (χ1) is 16.0. The molecule has 3 aromatic rings. The van der Waals surface area contributed by atoms with Crippen molar-refractivity contribution in [2.45, 2.75) is 50.2 Å². The van der Waals surface area contributed by atoms with Crippen LogP contribution in [0.3, 0.4) is 0 Å². The summed E-state index contributed by atoms with van der Waals surface area (Å²) in [5, 5.41) is 30.1. The number of aliphatic hydroxyl groups excluding tert-OH is 3. The third-order valence-corrected chi connectivity index (χ3v) is 7.71. The van der Waals surface area contributed by atoms with Gasteiger partial charge in [0.25, 0.3) is 0 Å². The smallest absolute Gasteiger partial charge is 0.226 e. The van der Waals surface area contributed by atoms with Crippen molar-refractivity contribution in [1.29, 1.82) is 0 Å². The van der Waals surface area contributed by atoms with E-state index in [0.29, 0.717) is 22.4 Å². The molecule has 1 spiro atoms. The summed E-state index contributed by atoms with van der Waals surface area (Å²) < 4.78 is 7.21. The molecule has 33 heavy (non-hydrogen) atoms. The van der Waals surface area contributed by atoms with E-state index in [9.17, 15) is 15.3 Å². The average Bonchev–Trinajstić information content (AvgIpc) is 3.47. The lowest BCUT2D eigenvalue weighted by Gasteiger charge is -2.40. The number of hydrogen-bond acceptors (Lipinski definition) is 8. The van der Waals surface area contributed by atoms with E-state index in [0.717, 1.165) is 38.8 Å². The lowest BCUT2D eigenvalue weighted by Crippen LogP contribution is -2.41. The van der Waals surface area contributed by atoms with Gasteiger partial charge < -0.3 is 25.0 Å². The Morgan fingerprint density at radius 2 is 1.76 bits per heavy atom. The second-order valence-electron chi connectivity index (χ2n) is 9.48. The second-order valence-corrected chi connectivity index (χ2v) is 9.82. The van der Waals surface area contributed by atoms with Gasteiger partial charge >= 0.3 is 0 Å². The van der Waals surface area contributed by atoms with Gasteiger partial charge in [-0.25, -0.2) is 4.98 Å². The third kappa shape index (κ3) is 3.41. The van der Waals surface area contributed by atoms with Gasteiger partial charge in [-0.2, -0.15) is 9.97 Å². The van der Waals surface area contributed by atoms with Crippen molar-refractivity contribution in [1.82, 2.24) is 19.5 Å². The van der Waals surface area contributed by atoms with Crippen LogP contribution in [-0.4, -0.2) is 72.8 Å². The minimum absolute atomic E-state index is 0.0829. The first kappa shape index (κ1) is 21.2. The van der Waals surface area contributed by atoms with Gasteiger partial charge in [0, 0.05) is 13.1 Å². The fourth-order valence-corrected chi connectivity index (χ4v) is 5.87. The Kier molecular flexibility index (Phi) is 5.08. The van der Waals surface area contributed by atoms with Gasteiger partial charge in [0.15, 0.2) is 23.2 Å². The molecule has 174 valence electrons. The van der Waals surface area contributed by atoms with E-state index >= 15 is 0 Å². The first-order valence-electron chi connectivity index (χ1n) is 11.3. The molecule has 10 heteroatoms. The van der Waals surface area contributed by atoms with Crippen LogP contribution < -0.4 is 4.90 Å². The predicted molar refractivity (Wildman–Crippen MR) is 121 cm³/mol. The van der Waals surface area contributed by atoms with Crippen LogP contribution in [0.1, 0.15) is 30.2 Å². The maximum atomic E-state index is 10.4. The topological polar surface area (TPSA) is 117 Å². The summed E-state index contributed by atoms with van der Waals surface area (Å²) in [6.07, 6.45) is 1.63. The normalized spacial score (nSPS) is 28.7. The number of aliphatic hydroxyl groups is 3. The zero-order valence-corrected chi connectivity index (χ0v) is 18.8. The van der Waals surface area contributed by atoms with Gasteiger partial charge in [-0.1, -0.05) is 24.3 Å². The van der Waals surface area contributed by atoms with Crippen LogP contribution >= 0.6 is 11.6 Å². The molecule has 6 rings (SSSR count). The number of nitrogens with zero attached hydrogens (tertiary/aromatic N) is 5. The molecule has 0 radical (unpaired) electrons. The van der Waals surface area contributed by atoms with E-state index < -0.39 is 31.1 Å². The summed E-state index contributed by atoms with van der Waals surface area (Å²) in [4.78, 5) is 15.6. The van der Waals surface area contributed by atoms with E-state index in [-0.39, 0.29) is 5.28 Å². The van der Waals surface area contributed by atoms with Gasteiger partial charge in [0.05, 0.1) is 12.9 Å². The van der Waals surface area contributed by atoms with Crippen LogP contribution in [0.15, 0.2) is 30.6 Å². The molecule has 2 aliphatic heterocycles. The van der Waals surface area contributed by atoms with E-state index in [4.69, 9.17) is 16.3 Å². The number of rotatable bonds is 3. The molecule has 9 nitrogen and oxygen atoms in total. The van der Waals surface area contributed by atoms with E-state index in [1.165, 1.54) is 17.5 Å². The minimum Gasteiger partial charge on any atom is -0.394 e. The van der Waals surface area contributed by atoms with Crippen molar-refractivity contribution >= 4 is 28.6 Å². The second kappa shape index (κ2) is 7.89. The SMILES string of the molecule is OC[C@H]1O[C@@H](n2cnc3c(N4CCC5(CC4)Cc4ccccc4C5)nc(Cl)nc32)C(O)[C@H]1O. The van der Waals surface area contributed by atoms with Crippen LogP contribution in [-0.2, 0) is 17.6 Å². The molecule has 2 fully saturated rings. The molecule has 1 aliphatic carbocycles. The maximum absolute atomic E-state index is 10.4. The van der Waals surface area contributed by atoms with Crippen molar-refractivity contribution < 1.29 is 20.1 Å². The van der Waals surface area contributed by atoms with Gasteiger partial charge in [0.1, 0.15) is 18.3 Å². The van der Waals surface area contributed by atoms with Crippen molar-refractivity contribution in [2.75, 3.05) is 24.6 Å². The fourth-order valence-electron chi connectivity index (χ4n) is 5.71. The van der Waals surface area contributed by atoms with Gasteiger partial charge in [0.2, 0.25) is 5.28 Å². The van der Waals surface area contributed by atoms with Crippen molar-refractivity contribution in [3.63, 3.8) is 0 Å². The van der Waals surface area contributed by atoms with Crippen LogP contribution in [0.4, 0.5) is 5.82 Å². The molecule has 3 N–H and O–H groups in total. The Morgan fingerprint density at radius 1 is 1.06 bits per heavy atom. The molecule has 2 aromatic heterocycles. The Morgan fingerprint density at radius 3 is 2.39 bits per heavy atom. The summed E-state index contributed by atoms with van der Waals surface area (Å²) >= 11 is 6.30. The highest BCUT2D eigenvalue weighted by atomic mass is 35.5. The summed E-state index contributed by atoms with van der Waals surface area (Å²) in [5.41, 5.74) is 4.23. The zero-order chi connectivity index (χ0) is 22.7. The third-order valence-electron chi connectivity index (χ3n) is 7.54. The molecule has 1 unspecified atom stereocenters. The van der Waals surface area contributed by atoms with Crippen molar-refractivity contribution in [2.24, 2.45) is 5.41 Å². The van der Waals surface area contributed by atoms with Gasteiger partial charge in [-0.3, -0.25) is 4.57 Å². The molecular weight excluding hydrogens is 446 g/mol. The minimum atomic E-state index is -1.23. The number of benzene rings is 1. The molecule has 3 aliphatic rings. The van der Waals surface area contributed by atoms with Crippen LogP contribution in [0, 0.1) is 5.41 Å². The Bertz CT molecular complexity index is 1170. The summed E-state index contributed by atoms with van der Waals surface area (Å²) in [5.74, 6) is 0.667. The monoisotopic (exact) mass is 471 g/mol. The largest absolute Gasteiger partial charge is 0.394 e. The lowest BCUT2D eigenvalue weighted by atomic mass is 9.76. The maximum Gasteiger partial charge on any atom is 0.226 e. The fraction of sp³-hybridized carbons (Fsp3) is 0.522. The highest BCUT2D eigenvalue weighted by molar-refractivity contribution is 6.28.